The van der Waals surface area contributed by atoms with Crippen LogP contribution >= 0.6 is 0 Å². The average molecular weight is 324 g/mol. The number of nitrogens with two attached hydrogens (primary N) is 1. The number of nitrogens with one attached hydrogen (secondary N) is 1. The van der Waals surface area contributed by atoms with Crippen LogP contribution in [0.15, 0.2) is 60.7 Å². The number of carbonyl (C=O) groups excluding carboxylic acids is 1. The molecule has 0 heterocycles. The van der Waals surface area contributed by atoms with Crippen LogP contribution in [0.4, 0.5) is 0 Å². The van der Waals surface area contributed by atoms with Crippen molar-refractivity contribution < 1.29 is 4.79 Å². The fourth-order valence-electron chi connectivity index (χ4n) is 2.77. The summed E-state index contributed by atoms with van der Waals surface area (Å²) in [7, 11) is 0. The lowest BCUT2D eigenvalue weighted by atomic mass is 9.89. The molecule has 0 saturated heterocycles. The van der Waals surface area contributed by atoms with Gasteiger partial charge in [0.15, 0.2) is 0 Å². The van der Waals surface area contributed by atoms with Gasteiger partial charge in [0, 0.05) is 18.5 Å². The maximum absolute atomic E-state index is 12.3. The first-order valence-corrected chi connectivity index (χ1v) is 8.56. The minimum absolute atomic E-state index is 0.0744. The molecule has 0 spiro atoms. The van der Waals surface area contributed by atoms with Gasteiger partial charge in [0.25, 0.3) is 0 Å². The van der Waals surface area contributed by atoms with Gasteiger partial charge in [-0.05, 0) is 43.7 Å². The summed E-state index contributed by atoms with van der Waals surface area (Å²) in [5, 5.41) is 2.96. The molecule has 0 fully saturated rings. The standard InChI is InChI=1S/C21H28N2O/c1-21(2,22)16-23-20(24)15-19(13-17-9-5-3-6-10-17)14-18-11-7-4-8-12-18/h3-12,19H,13-16,22H2,1-2H3,(H,23,24). The van der Waals surface area contributed by atoms with E-state index in [4.69, 9.17) is 5.73 Å². The Hall–Kier alpha value is -2.13. The predicted octanol–water partition coefficient (Wildman–Crippen LogP) is 3.33. The molecule has 0 atom stereocenters. The summed E-state index contributed by atoms with van der Waals surface area (Å²) in [6.07, 6.45) is 2.31. The molecule has 3 heteroatoms. The van der Waals surface area contributed by atoms with Gasteiger partial charge in [0.05, 0.1) is 0 Å². The summed E-state index contributed by atoms with van der Waals surface area (Å²) in [5.41, 5.74) is 8.10. The van der Waals surface area contributed by atoms with Gasteiger partial charge in [0.2, 0.25) is 5.91 Å². The first-order chi connectivity index (χ1) is 11.4. The van der Waals surface area contributed by atoms with E-state index in [9.17, 15) is 4.79 Å². The lowest BCUT2D eigenvalue weighted by Crippen LogP contribution is -2.45. The van der Waals surface area contributed by atoms with E-state index in [1.807, 2.05) is 50.2 Å². The molecule has 3 nitrogen and oxygen atoms in total. The molecule has 24 heavy (non-hydrogen) atoms. The monoisotopic (exact) mass is 324 g/mol. The van der Waals surface area contributed by atoms with Gasteiger partial charge in [-0.1, -0.05) is 60.7 Å². The van der Waals surface area contributed by atoms with E-state index < -0.39 is 0 Å². The van der Waals surface area contributed by atoms with Gasteiger partial charge in [0.1, 0.15) is 0 Å². The molecule has 1 amide bonds. The number of hydrogen-bond donors (Lipinski definition) is 2. The van der Waals surface area contributed by atoms with Crippen LogP contribution in [0.2, 0.25) is 0 Å². The second-order valence-electron chi connectivity index (χ2n) is 7.21. The highest BCUT2D eigenvalue weighted by molar-refractivity contribution is 5.76. The van der Waals surface area contributed by atoms with E-state index in [0.717, 1.165) is 12.8 Å². The first-order valence-electron chi connectivity index (χ1n) is 8.56. The van der Waals surface area contributed by atoms with Gasteiger partial charge in [-0.25, -0.2) is 0 Å². The Morgan fingerprint density at radius 1 is 0.958 bits per heavy atom. The Morgan fingerprint density at radius 3 is 1.83 bits per heavy atom. The number of rotatable bonds is 8. The fourth-order valence-corrected chi connectivity index (χ4v) is 2.77. The summed E-state index contributed by atoms with van der Waals surface area (Å²) in [5.74, 6) is 0.348. The average Bonchev–Trinajstić information content (AvgIpc) is 2.54. The van der Waals surface area contributed by atoms with E-state index in [2.05, 4.69) is 29.6 Å². The number of amides is 1. The van der Waals surface area contributed by atoms with Crippen molar-refractivity contribution in [3.05, 3.63) is 71.8 Å². The van der Waals surface area contributed by atoms with Crippen molar-refractivity contribution in [2.45, 2.75) is 38.6 Å². The minimum Gasteiger partial charge on any atom is -0.354 e. The van der Waals surface area contributed by atoms with Crippen molar-refractivity contribution in [2.75, 3.05) is 6.54 Å². The van der Waals surface area contributed by atoms with Crippen molar-refractivity contribution in [2.24, 2.45) is 11.7 Å². The molecule has 0 aliphatic rings. The van der Waals surface area contributed by atoms with E-state index in [1.54, 1.807) is 0 Å². The van der Waals surface area contributed by atoms with Crippen LogP contribution in [0.25, 0.3) is 0 Å². The smallest absolute Gasteiger partial charge is 0.220 e. The SMILES string of the molecule is CC(C)(N)CNC(=O)CC(Cc1ccccc1)Cc1ccccc1. The Bertz CT molecular complexity index is 576. The van der Waals surface area contributed by atoms with Gasteiger partial charge in [-0.15, -0.1) is 0 Å². The number of hydrogen-bond acceptors (Lipinski definition) is 2. The van der Waals surface area contributed by atoms with Gasteiger partial charge >= 0.3 is 0 Å². The quantitative estimate of drug-likeness (QED) is 0.782. The van der Waals surface area contributed by atoms with Crippen LogP contribution < -0.4 is 11.1 Å². The summed E-state index contributed by atoms with van der Waals surface area (Å²) in [4.78, 5) is 12.3. The third-order valence-corrected chi connectivity index (χ3v) is 3.95. The molecular formula is C21H28N2O. The third-order valence-electron chi connectivity index (χ3n) is 3.95. The van der Waals surface area contributed by atoms with Gasteiger partial charge in [-0.2, -0.15) is 0 Å². The van der Waals surface area contributed by atoms with E-state index in [1.165, 1.54) is 11.1 Å². The highest BCUT2D eigenvalue weighted by Crippen LogP contribution is 2.18. The molecule has 0 saturated carbocycles. The summed E-state index contributed by atoms with van der Waals surface area (Å²) >= 11 is 0. The van der Waals surface area contributed by atoms with Crippen LogP contribution in [0.5, 0.6) is 0 Å². The van der Waals surface area contributed by atoms with E-state index in [0.29, 0.717) is 13.0 Å². The van der Waals surface area contributed by atoms with Crippen molar-refractivity contribution in [3.8, 4) is 0 Å². The lowest BCUT2D eigenvalue weighted by Gasteiger charge is -2.21. The Kier molecular flexibility index (Phi) is 6.56. The largest absolute Gasteiger partial charge is 0.354 e. The van der Waals surface area contributed by atoms with Crippen LogP contribution in [0, 0.1) is 5.92 Å². The fraction of sp³-hybridized carbons (Fsp3) is 0.381. The lowest BCUT2D eigenvalue weighted by molar-refractivity contribution is -0.122. The molecule has 2 rings (SSSR count). The van der Waals surface area contributed by atoms with Crippen LogP contribution in [-0.2, 0) is 17.6 Å². The zero-order valence-corrected chi connectivity index (χ0v) is 14.7. The zero-order chi connectivity index (χ0) is 17.4. The summed E-state index contributed by atoms with van der Waals surface area (Å²) < 4.78 is 0. The molecule has 0 unspecified atom stereocenters. The Balaban J connectivity index is 2.00. The second kappa shape index (κ2) is 8.65. The Morgan fingerprint density at radius 2 is 1.42 bits per heavy atom. The molecular weight excluding hydrogens is 296 g/mol. The molecule has 2 aromatic carbocycles. The van der Waals surface area contributed by atoms with Gasteiger partial charge in [-0.3, -0.25) is 4.79 Å². The topological polar surface area (TPSA) is 55.1 Å². The second-order valence-corrected chi connectivity index (χ2v) is 7.21. The van der Waals surface area contributed by atoms with Crippen LogP contribution in [-0.4, -0.2) is 18.0 Å². The van der Waals surface area contributed by atoms with Crippen molar-refractivity contribution in [1.82, 2.24) is 5.32 Å². The van der Waals surface area contributed by atoms with E-state index >= 15 is 0 Å². The minimum atomic E-state index is -0.385. The zero-order valence-electron chi connectivity index (χ0n) is 14.7. The van der Waals surface area contributed by atoms with E-state index in [-0.39, 0.29) is 17.4 Å². The maximum Gasteiger partial charge on any atom is 0.220 e. The molecule has 0 bridgehead atoms. The highest BCUT2D eigenvalue weighted by Gasteiger charge is 2.17. The molecule has 2 aromatic rings. The number of carbonyl (C=O) groups is 1. The first kappa shape index (κ1) is 18.2. The maximum atomic E-state index is 12.3. The van der Waals surface area contributed by atoms with Crippen LogP contribution in [0.1, 0.15) is 31.4 Å². The molecule has 128 valence electrons. The molecule has 0 aliphatic heterocycles. The summed E-state index contributed by atoms with van der Waals surface area (Å²) in [6.45, 7) is 4.33. The molecule has 0 aromatic heterocycles. The molecule has 0 aliphatic carbocycles. The Labute approximate surface area is 145 Å². The normalized spacial score (nSPS) is 11.5. The van der Waals surface area contributed by atoms with Crippen LogP contribution in [0.3, 0.4) is 0 Å². The van der Waals surface area contributed by atoms with Gasteiger partial charge < -0.3 is 11.1 Å². The third kappa shape index (κ3) is 6.97. The van der Waals surface area contributed by atoms with Crippen molar-refractivity contribution in [3.63, 3.8) is 0 Å². The molecule has 0 radical (unpaired) electrons. The predicted molar refractivity (Wildman–Crippen MR) is 99.7 cm³/mol. The highest BCUT2D eigenvalue weighted by atomic mass is 16.1. The summed E-state index contributed by atoms with van der Waals surface area (Å²) in [6, 6.07) is 20.7. The van der Waals surface area contributed by atoms with Crippen molar-refractivity contribution in [1.29, 1.82) is 0 Å². The van der Waals surface area contributed by atoms with Crippen molar-refractivity contribution >= 4 is 5.91 Å². The number of benzene rings is 2. The molecule has 3 N–H and O–H groups in total.